The van der Waals surface area contributed by atoms with Crippen molar-refractivity contribution in [2.75, 3.05) is 13.7 Å². The van der Waals surface area contributed by atoms with E-state index in [0.29, 0.717) is 11.3 Å². The summed E-state index contributed by atoms with van der Waals surface area (Å²) in [5.74, 6) is -0.269. The fraction of sp³-hybridized carbons (Fsp3) is 0.409. The molecule has 3 rings (SSSR count). The average molecular weight is 463 g/mol. The molecule has 9 nitrogen and oxygen atoms in total. The minimum absolute atomic E-state index is 0.000791. The Morgan fingerprint density at radius 3 is 2.44 bits per heavy atom. The molecule has 0 spiro atoms. The van der Waals surface area contributed by atoms with Crippen LogP contribution in [0.1, 0.15) is 36.9 Å². The van der Waals surface area contributed by atoms with E-state index >= 15 is 0 Å². The van der Waals surface area contributed by atoms with Crippen LogP contribution in [-0.4, -0.2) is 49.4 Å². The van der Waals surface area contributed by atoms with Crippen molar-refractivity contribution in [3.8, 4) is 5.75 Å². The largest absolute Gasteiger partial charge is 0.496 e. The van der Waals surface area contributed by atoms with Crippen LogP contribution in [0.15, 0.2) is 53.4 Å². The van der Waals surface area contributed by atoms with Crippen LogP contribution in [0, 0.1) is 17.0 Å². The van der Waals surface area contributed by atoms with Crippen LogP contribution in [0.3, 0.4) is 0 Å². The third kappa shape index (κ3) is 4.61. The fourth-order valence-electron chi connectivity index (χ4n) is 4.13. The molecule has 172 valence electrons. The molecule has 0 aromatic heterocycles. The molecule has 32 heavy (non-hydrogen) atoms. The van der Waals surface area contributed by atoms with Crippen molar-refractivity contribution >= 4 is 16.0 Å². The molecule has 0 bridgehead atoms. The van der Waals surface area contributed by atoms with Gasteiger partial charge in [0.05, 0.1) is 25.0 Å². The first-order valence-electron chi connectivity index (χ1n) is 10.2. The molecule has 10 heteroatoms. The van der Waals surface area contributed by atoms with E-state index in [2.05, 4.69) is 0 Å². The normalized spacial score (nSPS) is 21.3. The highest BCUT2D eigenvalue weighted by molar-refractivity contribution is 7.89. The number of carbonyl (C=O) groups excluding carboxylic acids is 1. The second-order valence-electron chi connectivity index (χ2n) is 7.59. The molecule has 0 N–H and O–H groups in total. The van der Waals surface area contributed by atoms with E-state index in [-0.39, 0.29) is 24.3 Å². The van der Waals surface area contributed by atoms with Crippen molar-refractivity contribution in [2.24, 2.45) is 0 Å². The highest BCUT2D eigenvalue weighted by Gasteiger charge is 2.55. The van der Waals surface area contributed by atoms with E-state index < -0.39 is 39.0 Å². The van der Waals surface area contributed by atoms with Crippen molar-refractivity contribution in [3.05, 3.63) is 69.8 Å². The molecule has 3 atom stereocenters. The first-order chi connectivity index (χ1) is 15.2. The van der Waals surface area contributed by atoms with E-state index in [0.717, 1.165) is 9.87 Å². The predicted octanol–water partition coefficient (Wildman–Crippen LogP) is 3.11. The molecule has 0 unspecified atom stereocenters. The lowest BCUT2D eigenvalue weighted by molar-refractivity contribution is -0.525. The Labute approximate surface area is 187 Å². The zero-order chi connectivity index (χ0) is 23.5. The second kappa shape index (κ2) is 9.66. The number of carbonyl (C=O) groups is 1. The molecule has 2 aromatic rings. The van der Waals surface area contributed by atoms with E-state index in [1.54, 1.807) is 43.3 Å². The van der Waals surface area contributed by atoms with Crippen molar-refractivity contribution in [3.63, 3.8) is 0 Å². The molecule has 0 radical (unpaired) electrons. The number of hydrogen-bond donors (Lipinski definition) is 0. The minimum Gasteiger partial charge on any atom is -0.496 e. The van der Waals surface area contributed by atoms with Crippen LogP contribution < -0.4 is 4.74 Å². The minimum atomic E-state index is -4.19. The van der Waals surface area contributed by atoms with Gasteiger partial charge < -0.3 is 9.47 Å². The van der Waals surface area contributed by atoms with Crippen LogP contribution in [0.5, 0.6) is 5.75 Å². The number of ether oxygens (including phenoxy) is 2. The molecule has 0 saturated carbocycles. The van der Waals surface area contributed by atoms with Gasteiger partial charge in [-0.1, -0.05) is 35.9 Å². The molecule has 1 aliphatic rings. The number of methoxy groups -OCH3 is 1. The van der Waals surface area contributed by atoms with Crippen LogP contribution in [0.4, 0.5) is 0 Å². The summed E-state index contributed by atoms with van der Waals surface area (Å²) in [6.07, 6.45) is -0.408. The summed E-state index contributed by atoms with van der Waals surface area (Å²) in [5, 5.41) is 12.0. The molecule has 1 aliphatic heterocycles. The molecule has 0 aliphatic carbocycles. The monoisotopic (exact) mass is 462 g/mol. The Bertz CT molecular complexity index is 1090. The molecule has 1 fully saturated rings. The second-order valence-corrected chi connectivity index (χ2v) is 9.43. The van der Waals surface area contributed by atoms with Crippen molar-refractivity contribution in [1.29, 1.82) is 0 Å². The van der Waals surface area contributed by atoms with Gasteiger partial charge in [-0.25, -0.2) is 8.42 Å². The highest BCUT2D eigenvalue weighted by Crippen LogP contribution is 2.45. The van der Waals surface area contributed by atoms with Gasteiger partial charge in [-0.3, -0.25) is 14.9 Å². The SMILES string of the molecule is CCOC(=O)C[C@@H]1C[C@@H]([N+](=O)[O-])[C@H](c2ccccc2OC)N1S(=O)(=O)c1ccc(C)cc1. The molecule has 2 aromatic carbocycles. The van der Waals surface area contributed by atoms with E-state index in [4.69, 9.17) is 9.47 Å². The van der Waals surface area contributed by atoms with Gasteiger partial charge in [-0.15, -0.1) is 0 Å². The molecule has 1 heterocycles. The third-order valence-electron chi connectivity index (χ3n) is 5.54. The summed E-state index contributed by atoms with van der Waals surface area (Å²) in [4.78, 5) is 23.8. The van der Waals surface area contributed by atoms with Crippen LogP contribution >= 0.6 is 0 Å². The summed E-state index contributed by atoms with van der Waals surface area (Å²) in [6, 6.07) is 9.52. The molecule has 0 amide bonds. The number of benzene rings is 2. The Morgan fingerprint density at radius 1 is 1.19 bits per heavy atom. The van der Waals surface area contributed by atoms with Gasteiger partial charge in [0.15, 0.2) is 0 Å². The summed E-state index contributed by atoms with van der Waals surface area (Å²) >= 11 is 0. The lowest BCUT2D eigenvalue weighted by Crippen LogP contribution is -2.40. The summed E-state index contributed by atoms with van der Waals surface area (Å²) in [6.45, 7) is 3.60. The first kappa shape index (κ1) is 23.7. The number of sulfonamides is 1. The maximum Gasteiger partial charge on any atom is 0.307 e. The number of esters is 1. The molecular formula is C22H26N2O7S. The van der Waals surface area contributed by atoms with Gasteiger partial charge in [0.1, 0.15) is 11.8 Å². The maximum absolute atomic E-state index is 13.8. The standard InChI is InChI=1S/C22H26N2O7S/c1-4-31-21(25)14-16-13-19(24(26)27)22(18-7-5-6-8-20(18)30-3)23(16)32(28,29)17-11-9-15(2)10-12-17/h5-12,16,19,22H,4,13-14H2,1-3H3/t16-,19+,22-/m0/s1. The van der Waals surface area contributed by atoms with Crippen molar-refractivity contribution in [2.45, 2.75) is 49.7 Å². The summed E-state index contributed by atoms with van der Waals surface area (Å²) in [7, 11) is -2.77. The van der Waals surface area contributed by atoms with Gasteiger partial charge in [0.25, 0.3) is 0 Å². The van der Waals surface area contributed by atoms with Crippen molar-refractivity contribution < 1.29 is 27.6 Å². The van der Waals surface area contributed by atoms with Gasteiger partial charge in [0.2, 0.25) is 16.1 Å². The zero-order valence-corrected chi connectivity index (χ0v) is 18.9. The molecular weight excluding hydrogens is 436 g/mol. The van der Waals surface area contributed by atoms with Gasteiger partial charge in [-0.05, 0) is 32.0 Å². The number of rotatable bonds is 8. The number of hydrogen-bond acceptors (Lipinski definition) is 7. The number of nitrogens with zero attached hydrogens (tertiary/aromatic N) is 2. The Morgan fingerprint density at radius 2 is 1.84 bits per heavy atom. The van der Waals surface area contributed by atoms with E-state index in [1.165, 1.54) is 19.2 Å². The average Bonchev–Trinajstić information content (AvgIpc) is 3.14. The first-order valence-corrected chi connectivity index (χ1v) is 11.7. The highest BCUT2D eigenvalue weighted by atomic mass is 32.2. The van der Waals surface area contributed by atoms with Crippen molar-refractivity contribution in [1.82, 2.24) is 4.31 Å². The van der Waals surface area contributed by atoms with Gasteiger partial charge in [0, 0.05) is 22.9 Å². The molecule has 1 saturated heterocycles. The fourth-order valence-corrected chi connectivity index (χ4v) is 5.96. The summed E-state index contributed by atoms with van der Waals surface area (Å²) in [5.41, 5.74) is 1.25. The van der Waals surface area contributed by atoms with Crippen LogP contribution in [0.25, 0.3) is 0 Å². The lowest BCUT2D eigenvalue weighted by Gasteiger charge is -2.29. The zero-order valence-electron chi connectivity index (χ0n) is 18.1. The van der Waals surface area contributed by atoms with Gasteiger partial charge >= 0.3 is 5.97 Å². The lowest BCUT2D eigenvalue weighted by atomic mass is 9.99. The summed E-state index contributed by atoms with van der Waals surface area (Å²) < 4.78 is 39.0. The number of nitro groups is 1. The number of para-hydroxylation sites is 1. The Hall–Kier alpha value is -2.98. The topological polar surface area (TPSA) is 116 Å². The smallest absolute Gasteiger partial charge is 0.307 e. The Kier molecular flexibility index (Phi) is 7.15. The number of aryl methyl sites for hydroxylation is 1. The maximum atomic E-state index is 13.8. The predicted molar refractivity (Wildman–Crippen MR) is 116 cm³/mol. The van der Waals surface area contributed by atoms with Gasteiger partial charge in [-0.2, -0.15) is 4.31 Å². The van der Waals surface area contributed by atoms with E-state index in [1.807, 2.05) is 6.92 Å². The Balaban J connectivity index is 2.18. The van der Waals surface area contributed by atoms with E-state index in [9.17, 15) is 23.3 Å². The third-order valence-corrected chi connectivity index (χ3v) is 7.49. The van der Waals surface area contributed by atoms with Crippen LogP contribution in [0.2, 0.25) is 0 Å². The van der Waals surface area contributed by atoms with Crippen LogP contribution in [-0.2, 0) is 19.6 Å². The quantitative estimate of drug-likeness (QED) is 0.336.